The van der Waals surface area contributed by atoms with Crippen LogP contribution in [0.2, 0.25) is 0 Å². The van der Waals surface area contributed by atoms with Crippen molar-refractivity contribution in [2.45, 2.75) is 26.7 Å². The fourth-order valence-electron chi connectivity index (χ4n) is 3.09. The van der Waals surface area contributed by atoms with Gasteiger partial charge in [-0.3, -0.25) is 4.79 Å². The van der Waals surface area contributed by atoms with Gasteiger partial charge in [0.1, 0.15) is 5.75 Å². The molecule has 0 amide bonds. The molecule has 1 aliphatic rings. The van der Waals surface area contributed by atoms with Crippen LogP contribution in [-0.2, 0) is 4.79 Å². The molecule has 0 heterocycles. The Kier molecular flexibility index (Phi) is 3.93. The van der Waals surface area contributed by atoms with Crippen molar-refractivity contribution in [2.75, 3.05) is 0 Å². The number of rotatable bonds is 3. The second-order valence-electron chi connectivity index (χ2n) is 5.26. The maximum atomic E-state index is 11.3. The first-order valence-electron chi connectivity index (χ1n) is 6.76. The number of benzene rings is 1. The maximum absolute atomic E-state index is 11.3. The van der Waals surface area contributed by atoms with E-state index in [2.05, 4.69) is 13.0 Å². The van der Waals surface area contributed by atoms with E-state index in [-0.39, 0.29) is 23.5 Å². The molecule has 2 N–H and O–H groups in total. The summed E-state index contributed by atoms with van der Waals surface area (Å²) in [5.41, 5.74) is 2.30. The summed E-state index contributed by atoms with van der Waals surface area (Å²) in [4.78, 5) is 11.3. The Bertz CT molecular complexity index is 487. The number of carboxylic acids is 1. The molecule has 0 saturated carbocycles. The Morgan fingerprint density at radius 1 is 1.32 bits per heavy atom. The van der Waals surface area contributed by atoms with Gasteiger partial charge in [-0.2, -0.15) is 0 Å². The molecular weight excluding hydrogens is 240 g/mol. The molecule has 3 atom stereocenters. The molecule has 0 aromatic heterocycles. The molecule has 3 nitrogen and oxygen atoms in total. The van der Waals surface area contributed by atoms with Gasteiger partial charge in [0.2, 0.25) is 0 Å². The van der Waals surface area contributed by atoms with Crippen molar-refractivity contribution in [3.05, 3.63) is 35.9 Å². The fourth-order valence-corrected chi connectivity index (χ4v) is 3.09. The van der Waals surface area contributed by atoms with Crippen molar-refractivity contribution >= 4 is 11.5 Å². The summed E-state index contributed by atoms with van der Waals surface area (Å²) in [7, 11) is 0. The van der Waals surface area contributed by atoms with E-state index in [1.807, 2.05) is 19.1 Å². The number of hydrogen-bond donors (Lipinski definition) is 2. The number of phenols is 1. The standard InChI is InChI=1S/C16H20O3/c1-3-13-10(2)14(16(18)19)8-9-15(13)11-4-6-12(17)7-5-11/h4-7,9-10,13-14,17H,3,8H2,1-2H3,(H,18,19)/t10-,13+,14+/m1/s1. The molecule has 0 bridgehead atoms. The Hall–Kier alpha value is -1.77. The summed E-state index contributed by atoms with van der Waals surface area (Å²) in [5.74, 6) is -0.335. The highest BCUT2D eigenvalue weighted by Crippen LogP contribution is 2.41. The monoisotopic (exact) mass is 260 g/mol. The van der Waals surface area contributed by atoms with Gasteiger partial charge in [0, 0.05) is 0 Å². The molecule has 0 saturated heterocycles. The van der Waals surface area contributed by atoms with Crippen LogP contribution in [0.3, 0.4) is 0 Å². The van der Waals surface area contributed by atoms with Crippen LogP contribution < -0.4 is 0 Å². The number of allylic oxidation sites excluding steroid dienone is 2. The predicted octanol–water partition coefficient (Wildman–Crippen LogP) is 3.54. The SMILES string of the molecule is CC[C@@H]1C(c2ccc(O)cc2)=CC[C@H](C(=O)O)[C@@H]1C. The lowest BCUT2D eigenvalue weighted by molar-refractivity contribution is -0.144. The van der Waals surface area contributed by atoms with Crippen LogP contribution in [0.15, 0.2) is 30.3 Å². The van der Waals surface area contributed by atoms with Gasteiger partial charge in [0.05, 0.1) is 5.92 Å². The van der Waals surface area contributed by atoms with E-state index in [0.29, 0.717) is 6.42 Å². The fraction of sp³-hybridized carbons (Fsp3) is 0.438. The number of phenolic OH excluding ortho intramolecular Hbond substituents is 1. The first kappa shape index (κ1) is 13.7. The van der Waals surface area contributed by atoms with Crippen LogP contribution >= 0.6 is 0 Å². The van der Waals surface area contributed by atoms with E-state index in [1.54, 1.807) is 12.1 Å². The topological polar surface area (TPSA) is 57.5 Å². The van der Waals surface area contributed by atoms with Gasteiger partial charge in [-0.25, -0.2) is 0 Å². The highest BCUT2D eigenvalue weighted by atomic mass is 16.4. The van der Waals surface area contributed by atoms with Gasteiger partial charge in [0.15, 0.2) is 0 Å². The van der Waals surface area contributed by atoms with Crippen molar-refractivity contribution in [1.29, 1.82) is 0 Å². The van der Waals surface area contributed by atoms with Gasteiger partial charge in [-0.1, -0.05) is 32.1 Å². The third-order valence-electron chi connectivity index (χ3n) is 4.22. The van der Waals surface area contributed by atoms with E-state index < -0.39 is 5.97 Å². The van der Waals surface area contributed by atoms with E-state index >= 15 is 0 Å². The molecule has 0 spiro atoms. The van der Waals surface area contributed by atoms with E-state index in [9.17, 15) is 15.0 Å². The van der Waals surface area contributed by atoms with Gasteiger partial charge in [-0.15, -0.1) is 0 Å². The summed E-state index contributed by atoms with van der Waals surface area (Å²) < 4.78 is 0. The minimum absolute atomic E-state index is 0.135. The molecule has 0 unspecified atom stereocenters. The summed E-state index contributed by atoms with van der Waals surface area (Å²) in [6.07, 6.45) is 3.57. The molecule has 1 aliphatic carbocycles. The van der Waals surface area contributed by atoms with Crippen LogP contribution in [0.5, 0.6) is 5.75 Å². The average molecular weight is 260 g/mol. The van der Waals surface area contributed by atoms with Gasteiger partial charge in [0.25, 0.3) is 0 Å². The highest BCUT2D eigenvalue weighted by molar-refractivity contribution is 5.75. The molecule has 0 radical (unpaired) electrons. The minimum atomic E-state index is -0.702. The zero-order chi connectivity index (χ0) is 14.0. The normalized spacial score (nSPS) is 26.8. The second kappa shape index (κ2) is 5.47. The Morgan fingerprint density at radius 2 is 1.95 bits per heavy atom. The molecular formula is C16H20O3. The smallest absolute Gasteiger partial charge is 0.307 e. The van der Waals surface area contributed by atoms with E-state index in [0.717, 1.165) is 12.0 Å². The van der Waals surface area contributed by atoms with Crippen molar-refractivity contribution < 1.29 is 15.0 Å². The predicted molar refractivity (Wildman–Crippen MR) is 74.8 cm³/mol. The summed E-state index contributed by atoms with van der Waals surface area (Å²) in [5, 5.41) is 18.6. The van der Waals surface area contributed by atoms with Gasteiger partial charge in [-0.05, 0) is 47.9 Å². The van der Waals surface area contributed by atoms with E-state index in [1.165, 1.54) is 5.57 Å². The van der Waals surface area contributed by atoms with E-state index in [4.69, 9.17) is 0 Å². The molecule has 2 rings (SSSR count). The first-order valence-corrected chi connectivity index (χ1v) is 6.76. The van der Waals surface area contributed by atoms with Crippen LogP contribution in [0.4, 0.5) is 0 Å². The second-order valence-corrected chi connectivity index (χ2v) is 5.26. The largest absolute Gasteiger partial charge is 0.508 e. The molecule has 102 valence electrons. The van der Waals surface area contributed by atoms with Crippen LogP contribution in [0.25, 0.3) is 5.57 Å². The van der Waals surface area contributed by atoms with Crippen molar-refractivity contribution in [1.82, 2.24) is 0 Å². The van der Waals surface area contributed by atoms with Crippen LogP contribution in [-0.4, -0.2) is 16.2 Å². The Balaban J connectivity index is 2.34. The third kappa shape index (κ3) is 2.65. The van der Waals surface area contributed by atoms with Crippen LogP contribution in [0, 0.1) is 17.8 Å². The molecule has 1 aromatic carbocycles. The Morgan fingerprint density at radius 3 is 2.47 bits per heavy atom. The number of aromatic hydroxyl groups is 1. The summed E-state index contributed by atoms with van der Waals surface area (Å²) in [6.45, 7) is 4.13. The number of hydrogen-bond acceptors (Lipinski definition) is 2. The highest BCUT2D eigenvalue weighted by Gasteiger charge is 2.35. The third-order valence-corrected chi connectivity index (χ3v) is 4.22. The first-order chi connectivity index (χ1) is 9.04. The number of carbonyl (C=O) groups is 1. The lowest BCUT2D eigenvalue weighted by Gasteiger charge is -2.34. The molecule has 3 heteroatoms. The van der Waals surface area contributed by atoms with Gasteiger partial charge < -0.3 is 10.2 Å². The van der Waals surface area contributed by atoms with Crippen molar-refractivity contribution in [2.24, 2.45) is 17.8 Å². The zero-order valence-corrected chi connectivity index (χ0v) is 11.3. The van der Waals surface area contributed by atoms with Crippen molar-refractivity contribution in [3.8, 4) is 5.75 Å². The summed E-state index contributed by atoms with van der Waals surface area (Å²) >= 11 is 0. The average Bonchev–Trinajstić information content (AvgIpc) is 2.38. The molecule has 0 fully saturated rings. The van der Waals surface area contributed by atoms with Gasteiger partial charge >= 0.3 is 5.97 Å². The summed E-state index contributed by atoms with van der Waals surface area (Å²) in [6, 6.07) is 7.16. The number of aliphatic carboxylic acids is 1. The molecule has 19 heavy (non-hydrogen) atoms. The zero-order valence-electron chi connectivity index (χ0n) is 11.3. The molecule has 0 aliphatic heterocycles. The number of carboxylic acid groups (broad SMARTS) is 1. The minimum Gasteiger partial charge on any atom is -0.508 e. The lowest BCUT2D eigenvalue weighted by Crippen LogP contribution is -2.30. The van der Waals surface area contributed by atoms with Crippen LogP contribution in [0.1, 0.15) is 32.3 Å². The molecule has 1 aromatic rings. The Labute approximate surface area is 113 Å². The maximum Gasteiger partial charge on any atom is 0.307 e. The quantitative estimate of drug-likeness (QED) is 0.874. The lowest BCUT2D eigenvalue weighted by atomic mass is 9.70. The van der Waals surface area contributed by atoms with Crippen molar-refractivity contribution in [3.63, 3.8) is 0 Å².